The average Bonchev–Trinajstić information content (AvgIpc) is 2.84. The molecule has 5 nitrogen and oxygen atoms in total. The maximum atomic E-state index is 10.1. The summed E-state index contributed by atoms with van der Waals surface area (Å²) in [6.45, 7) is 6.82. The molecular weight excluding hydrogens is 252 g/mol. The van der Waals surface area contributed by atoms with Crippen molar-refractivity contribution in [2.75, 3.05) is 0 Å². The van der Waals surface area contributed by atoms with Gasteiger partial charge in [-0.3, -0.25) is 9.67 Å². The second-order valence-electron chi connectivity index (χ2n) is 6.17. The highest BCUT2D eigenvalue weighted by Crippen LogP contribution is 2.21. The van der Waals surface area contributed by atoms with Crippen LogP contribution in [0.3, 0.4) is 0 Å². The number of nitrogens with zero attached hydrogens (tertiary/aromatic N) is 4. The lowest BCUT2D eigenvalue weighted by Gasteiger charge is -2.24. The number of hydrogen-bond donors (Lipinski definition) is 1. The summed E-state index contributed by atoms with van der Waals surface area (Å²) in [5.41, 5.74) is 1.87. The van der Waals surface area contributed by atoms with Gasteiger partial charge in [0.15, 0.2) is 0 Å². The fraction of sp³-hybridized carbons (Fsp3) is 0.533. The van der Waals surface area contributed by atoms with E-state index in [1.54, 1.807) is 6.20 Å². The summed E-state index contributed by atoms with van der Waals surface area (Å²) in [4.78, 5) is 4.09. The van der Waals surface area contributed by atoms with Crippen LogP contribution in [0, 0.1) is 5.41 Å². The zero-order valence-corrected chi connectivity index (χ0v) is 12.3. The van der Waals surface area contributed by atoms with Gasteiger partial charge in [0.25, 0.3) is 0 Å². The van der Waals surface area contributed by atoms with Crippen molar-refractivity contribution in [3.8, 4) is 0 Å². The van der Waals surface area contributed by atoms with Gasteiger partial charge in [0, 0.05) is 31.6 Å². The molecular formula is C15H22N4O. The fourth-order valence-electron chi connectivity index (χ4n) is 1.84. The summed E-state index contributed by atoms with van der Waals surface area (Å²) < 4.78 is 1.82. The molecule has 1 unspecified atom stereocenters. The highest BCUT2D eigenvalue weighted by molar-refractivity contribution is 5.08. The Kier molecular flexibility index (Phi) is 4.49. The van der Waals surface area contributed by atoms with Crippen LogP contribution in [0.15, 0.2) is 30.7 Å². The zero-order chi connectivity index (χ0) is 14.6. The van der Waals surface area contributed by atoms with E-state index >= 15 is 0 Å². The highest BCUT2D eigenvalue weighted by Gasteiger charge is 2.23. The van der Waals surface area contributed by atoms with Crippen LogP contribution in [0.5, 0.6) is 0 Å². The molecule has 2 rings (SSSR count). The Balaban J connectivity index is 1.89. The van der Waals surface area contributed by atoms with Crippen molar-refractivity contribution >= 4 is 0 Å². The van der Waals surface area contributed by atoms with E-state index in [4.69, 9.17) is 0 Å². The van der Waals surface area contributed by atoms with E-state index in [1.165, 1.54) is 5.56 Å². The van der Waals surface area contributed by atoms with Crippen LogP contribution in [-0.2, 0) is 19.4 Å². The molecule has 0 saturated heterocycles. The fourth-order valence-corrected chi connectivity index (χ4v) is 1.84. The molecule has 0 aromatic carbocycles. The third-order valence-corrected chi connectivity index (χ3v) is 3.34. The van der Waals surface area contributed by atoms with Gasteiger partial charge < -0.3 is 5.11 Å². The molecule has 0 saturated carbocycles. The number of aliphatic hydroxyl groups is 1. The molecule has 1 N–H and O–H groups in total. The first-order chi connectivity index (χ1) is 9.45. The quantitative estimate of drug-likeness (QED) is 0.904. The smallest absolute Gasteiger partial charge is 0.0853 e. The molecule has 0 amide bonds. The minimum atomic E-state index is -0.411. The predicted molar refractivity (Wildman–Crippen MR) is 77.1 cm³/mol. The van der Waals surface area contributed by atoms with E-state index in [1.807, 2.05) is 50.0 Å². The normalized spacial score (nSPS) is 13.4. The molecule has 2 aromatic rings. The van der Waals surface area contributed by atoms with Crippen molar-refractivity contribution < 1.29 is 5.11 Å². The summed E-state index contributed by atoms with van der Waals surface area (Å²) in [5, 5.41) is 18.3. The summed E-state index contributed by atoms with van der Waals surface area (Å²) in [6.07, 6.45) is 6.54. The second-order valence-corrected chi connectivity index (χ2v) is 6.17. The van der Waals surface area contributed by atoms with Crippen molar-refractivity contribution in [1.29, 1.82) is 0 Å². The van der Waals surface area contributed by atoms with Gasteiger partial charge in [-0.2, -0.15) is 0 Å². The van der Waals surface area contributed by atoms with Gasteiger partial charge in [0.05, 0.1) is 11.8 Å². The van der Waals surface area contributed by atoms with E-state index in [0.29, 0.717) is 6.42 Å². The summed E-state index contributed by atoms with van der Waals surface area (Å²) in [6, 6.07) is 3.98. The van der Waals surface area contributed by atoms with Gasteiger partial charge in [0.2, 0.25) is 0 Å². The van der Waals surface area contributed by atoms with Crippen molar-refractivity contribution in [3.63, 3.8) is 0 Å². The Morgan fingerprint density at radius 3 is 2.80 bits per heavy atom. The van der Waals surface area contributed by atoms with Crippen molar-refractivity contribution in [2.24, 2.45) is 5.41 Å². The van der Waals surface area contributed by atoms with Crippen LogP contribution in [0.25, 0.3) is 0 Å². The number of aromatic nitrogens is 4. The number of hydrogen-bond acceptors (Lipinski definition) is 4. The van der Waals surface area contributed by atoms with E-state index in [9.17, 15) is 5.11 Å². The molecule has 5 heteroatoms. The van der Waals surface area contributed by atoms with Crippen LogP contribution < -0.4 is 0 Å². The first kappa shape index (κ1) is 14.7. The van der Waals surface area contributed by atoms with Crippen LogP contribution >= 0.6 is 0 Å². The molecule has 20 heavy (non-hydrogen) atoms. The molecule has 0 radical (unpaired) electrons. The Morgan fingerprint density at radius 2 is 2.15 bits per heavy atom. The highest BCUT2D eigenvalue weighted by atomic mass is 16.3. The van der Waals surface area contributed by atoms with Crippen molar-refractivity contribution in [2.45, 2.75) is 46.3 Å². The molecule has 108 valence electrons. The largest absolute Gasteiger partial charge is 0.392 e. The maximum absolute atomic E-state index is 10.1. The molecule has 2 aromatic heterocycles. The van der Waals surface area contributed by atoms with Gasteiger partial charge in [-0.05, 0) is 23.5 Å². The second kappa shape index (κ2) is 6.13. The Bertz CT molecular complexity index is 530. The Labute approximate surface area is 119 Å². The van der Waals surface area contributed by atoms with Gasteiger partial charge >= 0.3 is 0 Å². The molecule has 0 aliphatic rings. The third-order valence-electron chi connectivity index (χ3n) is 3.34. The predicted octanol–water partition coefficient (Wildman–Crippen LogP) is 1.87. The molecule has 0 fully saturated rings. The summed E-state index contributed by atoms with van der Waals surface area (Å²) in [5.74, 6) is 0. The van der Waals surface area contributed by atoms with Gasteiger partial charge in [0.1, 0.15) is 0 Å². The van der Waals surface area contributed by atoms with Crippen LogP contribution in [0.4, 0.5) is 0 Å². The SMILES string of the molecule is CC(C)(C)C(O)Cc1cn(CCc2cccnc2)nn1. The standard InChI is InChI=1S/C15H22N4O/c1-15(2,3)14(20)9-13-11-19(18-17-13)8-6-12-5-4-7-16-10-12/h4-5,7,10-11,14,20H,6,8-9H2,1-3H3. The van der Waals surface area contributed by atoms with E-state index in [0.717, 1.165) is 18.7 Å². The first-order valence-electron chi connectivity index (χ1n) is 6.91. The molecule has 0 aliphatic heterocycles. The lowest BCUT2D eigenvalue weighted by molar-refractivity contribution is 0.0627. The lowest BCUT2D eigenvalue weighted by atomic mass is 9.87. The molecule has 0 aliphatic carbocycles. The third kappa shape index (κ3) is 4.13. The number of pyridine rings is 1. The Hall–Kier alpha value is -1.75. The van der Waals surface area contributed by atoms with Crippen molar-refractivity contribution in [1.82, 2.24) is 20.0 Å². The monoisotopic (exact) mass is 274 g/mol. The van der Waals surface area contributed by atoms with Crippen LogP contribution in [0.1, 0.15) is 32.0 Å². The zero-order valence-electron chi connectivity index (χ0n) is 12.3. The molecule has 0 bridgehead atoms. The maximum Gasteiger partial charge on any atom is 0.0853 e. The van der Waals surface area contributed by atoms with Crippen LogP contribution in [-0.4, -0.2) is 31.2 Å². The van der Waals surface area contributed by atoms with Gasteiger partial charge in [-0.15, -0.1) is 5.10 Å². The van der Waals surface area contributed by atoms with E-state index in [-0.39, 0.29) is 5.41 Å². The number of aliphatic hydroxyl groups excluding tert-OH is 1. The van der Waals surface area contributed by atoms with Crippen molar-refractivity contribution in [3.05, 3.63) is 42.0 Å². The van der Waals surface area contributed by atoms with Crippen LogP contribution in [0.2, 0.25) is 0 Å². The number of rotatable bonds is 5. The first-order valence-corrected chi connectivity index (χ1v) is 6.91. The van der Waals surface area contributed by atoms with Gasteiger partial charge in [-0.25, -0.2) is 0 Å². The topological polar surface area (TPSA) is 63.8 Å². The molecule has 0 spiro atoms. The van der Waals surface area contributed by atoms with E-state index in [2.05, 4.69) is 15.3 Å². The molecule has 1 atom stereocenters. The molecule has 2 heterocycles. The summed E-state index contributed by atoms with van der Waals surface area (Å²) >= 11 is 0. The Morgan fingerprint density at radius 1 is 1.35 bits per heavy atom. The van der Waals surface area contributed by atoms with E-state index < -0.39 is 6.10 Å². The minimum absolute atomic E-state index is 0.139. The minimum Gasteiger partial charge on any atom is -0.392 e. The summed E-state index contributed by atoms with van der Waals surface area (Å²) in [7, 11) is 0. The average molecular weight is 274 g/mol. The van der Waals surface area contributed by atoms with Gasteiger partial charge in [-0.1, -0.05) is 32.1 Å². The lowest BCUT2D eigenvalue weighted by Crippen LogP contribution is -2.28. The number of aryl methyl sites for hydroxylation is 2.